The van der Waals surface area contributed by atoms with Crippen molar-refractivity contribution in [1.82, 2.24) is 9.97 Å². The first kappa shape index (κ1) is 23.1. The van der Waals surface area contributed by atoms with Crippen LogP contribution >= 0.6 is 11.6 Å². The van der Waals surface area contributed by atoms with Crippen molar-refractivity contribution in [2.24, 2.45) is 5.92 Å². The molecule has 0 saturated carbocycles. The van der Waals surface area contributed by atoms with E-state index in [1.807, 2.05) is 18.2 Å². The van der Waals surface area contributed by atoms with Crippen LogP contribution in [0.5, 0.6) is 11.5 Å². The van der Waals surface area contributed by atoms with Gasteiger partial charge in [0, 0.05) is 13.1 Å². The molecule has 3 aromatic rings. The molecule has 0 bridgehead atoms. The van der Waals surface area contributed by atoms with E-state index in [9.17, 15) is 8.60 Å². The molecule has 2 aliphatic heterocycles. The second kappa shape index (κ2) is 9.15. The Labute approximate surface area is 205 Å². The van der Waals surface area contributed by atoms with Crippen LogP contribution in [-0.4, -0.2) is 38.8 Å². The number of nitrogens with zero attached hydrogens (tertiary/aromatic N) is 3. The Kier molecular flexibility index (Phi) is 6.20. The molecule has 1 atom stereocenters. The van der Waals surface area contributed by atoms with E-state index < -0.39 is 21.5 Å². The lowest BCUT2D eigenvalue weighted by Crippen LogP contribution is -2.36. The van der Waals surface area contributed by atoms with Gasteiger partial charge in [0.2, 0.25) is 5.95 Å². The average Bonchev–Trinajstić information content (AvgIpc) is 3.06. The molecule has 9 heteroatoms. The number of benzene rings is 2. The second-order valence-corrected chi connectivity index (χ2v) is 11.4. The van der Waals surface area contributed by atoms with Crippen molar-refractivity contribution in [3.63, 3.8) is 0 Å². The van der Waals surface area contributed by atoms with Crippen LogP contribution in [0.3, 0.4) is 0 Å². The molecule has 3 heterocycles. The highest BCUT2D eigenvalue weighted by molar-refractivity contribution is 7.86. The minimum absolute atomic E-state index is 0.242. The van der Waals surface area contributed by atoms with Gasteiger partial charge in [-0.1, -0.05) is 23.7 Å². The predicted octanol–water partition coefficient (Wildman–Crippen LogP) is 5.47. The lowest BCUT2D eigenvalue weighted by molar-refractivity contribution is 0.210. The number of fused-ring (bicyclic) bond motifs is 1. The van der Waals surface area contributed by atoms with Gasteiger partial charge in [0.05, 0.1) is 28.9 Å². The topological polar surface area (TPSA) is 64.6 Å². The zero-order valence-electron chi connectivity index (χ0n) is 19.0. The number of ether oxygens (including phenoxy) is 2. The van der Waals surface area contributed by atoms with Gasteiger partial charge in [-0.05, 0) is 68.0 Å². The third-order valence-electron chi connectivity index (χ3n) is 6.19. The Morgan fingerprint density at radius 2 is 1.82 bits per heavy atom. The summed E-state index contributed by atoms with van der Waals surface area (Å²) in [5.41, 5.74) is 1.51. The fraction of sp³-hybridized carbons (Fsp3) is 0.360. The zero-order valence-corrected chi connectivity index (χ0v) is 20.5. The molecule has 1 fully saturated rings. The lowest BCUT2D eigenvalue weighted by atomic mass is 9.98. The number of anilines is 1. The predicted molar refractivity (Wildman–Crippen MR) is 130 cm³/mol. The highest BCUT2D eigenvalue weighted by atomic mass is 35.5. The van der Waals surface area contributed by atoms with Crippen molar-refractivity contribution < 1.29 is 18.1 Å². The van der Waals surface area contributed by atoms with Crippen LogP contribution in [0.15, 0.2) is 53.7 Å². The summed E-state index contributed by atoms with van der Waals surface area (Å²) in [7, 11) is -1.23. The number of rotatable bonds is 5. The summed E-state index contributed by atoms with van der Waals surface area (Å²) in [4.78, 5) is 10.6. The fourth-order valence-electron chi connectivity index (χ4n) is 4.26. The molecule has 2 aliphatic rings. The molecular formula is C25H25ClFN3O3S. The molecular weight excluding hydrogens is 477 g/mol. The van der Waals surface area contributed by atoms with E-state index in [4.69, 9.17) is 21.1 Å². The SMILES string of the molecule is CC1(C)Oc2cc(-c3ccc(OCC4CCN(c5ncc(Cl)cn5)CC4)c(F)c3)ccc2S1=O. The van der Waals surface area contributed by atoms with Gasteiger partial charge in [-0.25, -0.2) is 14.4 Å². The minimum Gasteiger partial charge on any atom is -0.490 e. The second-order valence-electron chi connectivity index (χ2n) is 9.02. The van der Waals surface area contributed by atoms with Crippen molar-refractivity contribution >= 4 is 28.3 Å². The molecule has 0 amide bonds. The van der Waals surface area contributed by atoms with Crippen molar-refractivity contribution in [3.8, 4) is 22.6 Å². The Bertz CT molecular complexity index is 1230. The standard InChI is InChI=1S/C25H25ClFN3O3S/c1-25(2)33-22-12-18(4-6-23(22)34(25)31)17-3-5-21(20(27)11-17)32-15-16-7-9-30(10-8-16)24-28-13-19(26)14-29-24/h3-6,11-14,16H,7-10,15H2,1-2H3. The molecule has 2 aromatic carbocycles. The van der Waals surface area contributed by atoms with E-state index in [-0.39, 0.29) is 5.75 Å². The van der Waals surface area contributed by atoms with Crippen LogP contribution in [0, 0.1) is 11.7 Å². The third-order valence-corrected chi connectivity index (χ3v) is 8.10. The maximum atomic E-state index is 14.8. The number of hydrogen-bond acceptors (Lipinski definition) is 6. The molecule has 178 valence electrons. The van der Waals surface area contributed by atoms with Gasteiger partial charge >= 0.3 is 0 Å². The molecule has 0 spiro atoms. The maximum Gasteiger partial charge on any atom is 0.225 e. The number of halogens is 2. The summed E-state index contributed by atoms with van der Waals surface area (Å²) >= 11 is 5.86. The van der Waals surface area contributed by atoms with E-state index in [1.54, 1.807) is 38.4 Å². The van der Waals surface area contributed by atoms with Crippen molar-refractivity contribution in [1.29, 1.82) is 0 Å². The van der Waals surface area contributed by atoms with Crippen LogP contribution in [0.4, 0.5) is 10.3 Å². The molecule has 6 nitrogen and oxygen atoms in total. The molecule has 1 aromatic heterocycles. The van der Waals surface area contributed by atoms with Gasteiger partial charge in [0.1, 0.15) is 16.5 Å². The molecule has 34 heavy (non-hydrogen) atoms. The van der Waals surface area contributed by atoms with E-state index in [2.05, 4.69) is 14.9 Å². The first-order chi connectivity index (χ1) is 16.3. The first-order valence-electron chi connectivity index (χ1n) is 11.2. The molecule has 0 aliphatic carbocycles. The third kappa shape index (κ3) is 4.61. The summed E-state index contributed by atoms with van der Waals surface area (Å²) in [6.45, 7) is 5.69. The Morgan fingerprint density at radius 3 is 2.53 bits per heavy atom. The van der Waals surface area contributed by atoms with Crippen molar-refractivity contribution in [2.75, 3.05) is 24.6 Å². The van der Waals surface area contributed by atoms with Crippen LogP contribution in [0.2, 0.25) is 5.02 Å². The summed E-state index contributed by atoms with van der Waals surface area (Å²) in [6.07, 6.45) is 5.03. The van der Waals surface area contributed by atoms with E-state index in [0.29, 0.717) is 39.7 Å². The van der Waals surface area contributed by atoms with Crippen molar-refractivity contribution in [2.45, 2.75) is 36.5 Å². The molecule has 0 N–H and O–H groups in total. The lowest BCUT2D eigenvalue weighted by Gasteiger charge is -2.31. The van der Waals surface area contributed by atoms with Gasteiger partial charge in [-0.2, -0.15) is 0 Å². The smallest absolute Gasteiger partial charge is 0.225 e. The summed E-state index contributed by atoms with van der Waals surface area (Å²) in [5, 5.41) is 0.518. The van der Waals surface area contributed by atoms with Crippen LogP contribution < -0.4 is 14.4 Å². The largest absolute Gasteiger partial charge is 0.490 e. The highest BCUT2D eigenvalue weighted by Crippen LogP contribution is 2.41. The van der Waals surface area contributed by atoms with E-state index >= 15 is 0 Å². The molecule has 1 unspecified atom stereocenters. The summed E-state index contributed by atoms with van der Waals surface area (Å²) < 4.78 is 39.0. The summed E-state index contributed by atoms with van der Waals surface area (Å²) in [6, 6.07) is 10.4. The zero-order chi connectivity index (χ0) is 23.9. The number of piperidine rings is 1. The molecule has 0 radical (unpaired) electrons. The van der Waals surface area contributed by atoms with Gasteiger partial charge in [-0.3, -0.25) is 4.21 Å². The summed E-state index contributed by atoms with van der Waals surface area (Å²) in [5.74, 6) is 1.43. The van der Waals surface area contributed by atoms with Crippen LogP contribution in [-0.2, 0) is 10.8 Å². The Hall–Kier alpha value is -2.71. The fourth-order valence-corrected chi connectivity index (χ4v) is 5.53. The van der Waals surface area contributed by atoms with Gasteiger partial charge < -0.3 is 14.4 Å². The minimum atomic E-state index is -1.23. The van der Waals surface area contributed by atoms with Crippen LogP contribution in [0.1, 0.15) is 26.7 Å². The number of hydrogen-bond donors (Lipinski definition) is 0. The number of aromatic nitrogens is 2. The first-order valence-corrected chi connectivity index (χ1v) is 12.7. The van der Waals surface area contributed by atoms with E-state index in [0.717, 1.165) is 31.5 Å². The quantitative estimate of drug-likeness (QED) is 0.462. The van der Waals surface area contributed by atoms with Crippen molar-refractivity contribution in [3.05, 3.63) is 59.6 Å². The Morgan fingerprint density at radius 1 is 1.15 bits per heavy atom. The maximum absolute atomic E-state index is 14.8. The van der Waals surface area contributed by atoms with E-state index in [1.165, 1.54) is 6.07 Å². The Balaban J connectivity index is 1.19. The monoisotopic (exact) mass is 501 g/mol. The molecule has 1 saturated heterocycles. The van der Waals surface area contributed by atoms with Gasteiger partial charge in [0.15, 0.2) is 16.5 Å². The average molecular weight is 502 g/mol. The van der Waals surface area contributed by atoms with Gasteiger partial charge in [0.25, 0.3) is 0 Å². The van der Waals surface area contributed by atoms with Crippen LogP contribution in [0.25, 0.3) is 11.1 Å². The highest BCUT2D eigenvalue weighted by Gasteiger charge is 2.38. The molecule has 5 rings (SSSR count). The normalized spacial score (nSPS) is 19.5. The van der Waals surface area contributed by atoms with Gasteiger partial charge in [-0.15, -0.1) is 0 Å².